The Balaban J connectivity index is 1.76. The van der Waals surface area contributed by atoms with Crippen LogP contribution in [0.4, 0.5) is 5.69 Å². The molecule has 1 amide bonds. The number of amides is 1. The highest BCUT2D eigenvalue weighted by Crippen LogP contribution is 2.40. The lowest BCUT2D eigenvalue weighted by Crippen LogP contribution is -2.31. The highest BCUT2D eigenvalue weighted by molar-refractivity contribution is 7.12. The van der Waals surface area contributed by atoms with E-state index in [9.17, 15) is 14.7 Å². The lowest BCUT2D eigenvalue weighted by Gasteiger charge is -2.27. The molecule has 1 aliphatic heterocycles. The Hall–Kier alpha value is -3.45. The van der Waals surface area contributed by atoms with Crippen LogP contribution >= 0.6 is 11.3 Å². The zero-order chi connectivity index (χ0) is 22.7. The lowest BCUT2D eigenvalue weighted by atomic mass is 9.95. The zero-order valence-electron chi connectivity index (χ0n) is 18.1. The first-order chi connectivity index (χ1) is 15.5. The number of hydrogen-bond acceptors (Lipinski definition) is 6. The zero-order valence-corrected chi connectivity index (χ0v) is 18.9. The molecule has 0 bridgehead atoms. The van der Waals surface area contributed by atoms with Gasteiger partial charge in [-0.15, -0.1) is 11.3 Å². The minimum atomic E-state index is -0.690. The van der Waals surface area contributed by atoms with E-state index < -0.39 is 17.7 Å². The Morgan fingerprint density at radius 2 is 1.84 bits per heavy atom. The largest absolute Gasteiger partial charge is 0.503 e. The number of hydrogen-bond donors (Lipinski definition) is 1. The number of rotatable bonds is 8. The molecule has 164 valence electrons. The van der Waals surface area contributed by atoms with Gasteiger partial charge in [0.25, 0.3) is 5.91 Å². The molecule has 1 unspecified atom stereocenters. The maximum absolute atomic E-state index is 13.3. The molecule has 3 heterocycles. The molecule has 4 rings (SSSR count). The summed E-state index contributed by atoms with van der Waals surface area (Å²) in [5.74, 6) is -1.38. The molecule has 0 radical (unpaired) electrons. The first-order valence-corrected chi connectivity index (χ1v) is 11.5. The van der Waals surface area contributed by atoms with Crippen LogP contribution in [0.5, 0.6) is 0 Å². The Kier molecular flexibility index (Phi) is 6.37. The van der Waals surface area contributed by atoms with Gasteiger partial charge in [0.1, 0.15) is 0 Å². The third kappa shape index (κ3) is 4.03. The van der Waals surface area contributed by atoms with Crippen molar-refractivity contribution in [3.63, 3.8) is 0 Å². The van der Waals surface area contributed by atoms with Crippen LogP contribution in [0.25, 0.3) is 0 Å². The fourth-order valence-electron chi connectivity index (χ4n) is 4.06. The van der Waals surface area contributed by atoms with Crippen LogP contribution in [-0.4, -0.2) is 39.8 Å². The van der Waals surface area contributed by atoms with Crippen molar-refractivity contribution in [1.29, 1.82) is 0 Å². The summed E-state index contributed by atoms with van der Waals surface area (Å²) >= 11 is 1.29. The third-order valence-electron chi connectivity index (χ3n) is 5.69. The standard InChI is InChI=1S/C25H25N3O3S/c1-3-27(4-2)19-12-10-17(11-13-19)22-21(23(29)20-9-7-15-32-20)24(30)25(31)28(22)16-18-8-5-6-14-26-18/h5-15,22,30H,3-4,16H2,1-2H3. The molecule has 7 heteroatoms. The number of aromatic nitrogens is 1. The number of ketones is 1. The highest BCUT2D eigenvalue weighted by Gasteiger charge is 2.44. The lowest BCUT2D eigenvalue weighted by molar-refractivity contribution is -0.130. The van der Waals surface area contributed by atoms with Crippen LogP contribution in [0.1, 0.15) is 40.8 Å². The second-order valence-corrected chi connectivity index (χ2v) is 8.44. The van der Waals surface area contributed by atoms with Crippen molar-refractivity contribution in [3.8, 4) is 0 Å². The molecule has 0 spiro atoms. The topological polar surface area (TPSA) is 73.7 Å². The average Bonchev–Trinajstić information content (AvgIpc) is 3.44. The molecule has 3 aromatic rings. The Morgan fingerprint density at radius 1 is 1.09 bits per heavy atom. The molecule has 32 heavy (non-hydrogen) atoms. The number of aliphatic hydroxyl groups excluding tert-OH is 1. The fraction of sp³-hybridized carbons (Fsp3) is 0.240. The number of Topliss-reactive ketones (excluding diaryl/α,β-unsaturated/α-hetero) is 1. The quantitative estimate of drug-likeness (QED) is 0.504. The van der Waals surface area contributed by atoms with Gasteiger partial charge in [-0.05, 0) is 55.1 Å². The molecular formula is C25H25N3O3S. The van der Waals surface area contributed by atoms with E-state index in [0.29, 0.717) is 10.6 Å². The highest BCUT2D eigenvalue weighted by atomic mass is 32.1. The fourth-order valence-corrected chi connectivity index (χ4v) is 4.74. The maximum atomic E-state index is 13.3. The van der Waals surface area contributed by atoms with Gasteiger partial charge in [0.05, 0.1) is 28.7 Å². The van der Waals surface area contributed by atoms with E-state index in [-0.39, 0.29) is 17.9 Å². The summed E-state index contributed by atoms with van der Waals surface area (Å²) in [4.78, 5) is 34.9. The molecule has 2 aromatic heterocycles. The summed E-state index contributed by atoms with van der Waals surface area (Å²) in [6.45, 7) is 6.15. The monoisotopic (exact) mass is 447 g/mol. The van der Waals surface area contributed by atoms with E-state index >= 15 is 0 Å². The second-order valence-electron chi connectivity index (χ2n) is 7.49. The molecule has 1 N–H and O–H groups in total. The van der Waals surface area contributed by atoms with Crippen molar-refractivity contribution in [2.75, 3.05) is 18.0 Å². The first-order valence-electron chi connectivity index (χ1n) is 10.6. The van der Waals surface area contributed by atoms with Crippen molar-refractivity contribution >= 4 is 28.7 Å². The summed E-state index contributed by atoms with van der Waals surface area (Å²) in [6.07, 6.45) is 1.66. The summed E-state index contributed by atoms with van der Waals surface area (Å²) in [5, 5.41) is 12.6. The molecule has 1 aromatic carbocycles. The number of nitrogens with zero attached hydrogens (tertiary/aromatic N) is 3. The van der Waals surface area contributed by atoms with E-state index in [1.54, 1.807) is 29.8 Å². The predicted molar refractivity (Wildman–Crippen MR) is 126 cm³/mol. The number of carbonyl (C=O) groups excluding carboxylic acids is 2. The molecule has 1 aliphatic rings. The predicted octanol–water partition coefficient (Wildman–Crippen LogP) is 4.77. The second kappa shape index (κ2) is 9.36. The van der Waals surface area contributed by atoms with Crippen LogP contribution in [0.2, 0.25) is 0 Å². The number of benzene rings is 1. The number of aliphatic hydroxyl groups is 1. The Morgan fingerprint density at radius 3 is 2.44 bits per heavy atom. The molecule has 1 atom stereocenters. The van der Waals surface area contributed by atoms with Crippen LogP contribution < -0.4 is 4.90 Å². The Labute approximate surface area is 191 Å². The van der Waals surface area contributed by atoms with Gasteiger partial charge in [0.15, 0.2) is 5.76 Å². The van der Waals surface area contributed by atoms with Crippen LogP contribution in [0.15, 0.2) is 77.5 Å². The Bertz CT molecular complexity index is 1120. The molecule has 0 aliphatic carbocycles. The number of thiophene rings is 1. The molecule has 0 saturated heterocycles. The summed E-state index contributed by atoms with van der Waals surface area (Å²) in [5.41, 5.74) is 2.64. The minimum absolute atomic E-state index is 0.115. The van der Waals surface area contributed by atoms with Gasteiger partial charge in [-0.25, -0.2) is 0 Å². The van der Waals surface area contributed by atoms with Gasteiger partial charge in [-0.2, -0.15) is 0 Å². The van der Waals surface area contributed by atoms with E-state index in [1.807, 2.05) is 36.4 Å². The van der Waals surface area contributed by atoms with Gasteiger partial charge >= 0.3 is 0 Å². The van der Waals surface area contributed by atoms with Crippen LogP contribution in [-0.2, 0) is 11.3 Å². The van der Waals surface area contributed by atoms with E-state index in [2.05, 4.69) is 23.7 Å². The number of carbonyl (C=O) groups is 2. The summed E-state index contributed by atoms with van der Waals surface area (Å²) in [7, 11) is 0. The number of anilines is 1. The molecule has 0 saturated carbocycles. The van der Waals surface area contributed by atoms with Gasteiger partial charge < -0.3 is 14.9 Å². The van der Waals surface area contributed by atoms with Crippen molar-refractivity contribution in [2.24, 2.45) is 0 Å². The van der Waals surface area contributed by atoms with Gasteiger partial charge in [0, 0.05) is 25.0 Å². The molecule has 0 fully saturated rings. The van der Waals surface area contributed by atoms with Crippen molar-refractivity contribution in [2.45, 2.75) is 26.4 Å². The van der Waals surface area contributed by atoms with Crippen LogP contribution in [0, 0.1) is 0 Å². The average molecular weight is 448 g/mol. The van der Waals surface area contributed by atoms with Gasteiger partial charge in [0.2, 0.25) is 5.78 Å². The van der Waals surface area contributed by atoms with E-state index in [4.69, 9.17) is 0 Å². The molecular weight excluding hydrogens is 422 g/mol. The smallest absolute Gasteiger partial charge is 0.290 e. The van der Waals surface area contributed by atoms with Crippen LogP contribution in [0.3, 0.4) is 0 Å². The first kappa shape index (κ1) is 21.8. The third-order valence-corrected chi connectivity index (χ3v) is 6.56. The molecule has 6 nitrogen and oxygen atoms in total. The van der Waals surface area contributed by atoms with Gasteiger partial charge in [-0.3, -0.25) is 14.6 Å². The summed E-state index contributed by atoms with van der Waals surface area (Å²) in [6, 6.07) is 16.1. The maximum Gasteiger partial charge on any atom is 0.290 e. The number of pyridine rings is 1. The van der Waals surface area contributed by atoms with Crippen molar-refractivity contribution in [3.05, 3.63) is 93.6 Å². The van der Waals surface area contributed by atoms with E-state index in [0.717, 1.165) is 24.3 Å². The summed E-state index contributed by atoms with van der Waals surface area (Å²) < 4.78 is 0. The normalized spacial score (nSPS) is 16.0. The van der Waals surface area contributed by atoms with Crippen molar-refractivity contribution in [1.82, 2.24) is 9.88 Å². The van der Waals surface area contributed by atoms with E-state index in [1.165, 1.54) is 16.2 Å². The van der Waals surface area contributed by atoms with Gasteiger partial charge in [-0.1, -0.05) is 24.3 Å². The van der Waals surface area contributed by atoms with Crippen molar-refractivity contribution < 1.29 is 14.7 Å². The SMILES string of the molecule is CCN(CC)c1ccc(C2C(C(=O)c3cccs3)=C(O)C(=O)N2Cc2ccccn2)cc1. The minimum Gasteiger partial charge on any atom is -0.503 e.